The van der Waals surface area contributed by atoms with Gasteiger partial charge in [0.15, 0.2) is 0 Å². The van der Waals surface area contributed by atoms with Gasteiger partial charge in [-0.25, -0.2) is 0 Å². The molecule has 74 valence electrons. The van der Waals surface area contributed by atoms with E-state index in [1.807, 2.05) is 0 Å². The second-order valence-electron chi connectivity index (χ2n) is 3.17. The van der Waals surface area contributed by atoms with Crippen molar-refractivity contribution in [2.75, 3.05) is 13.2 Å². The Morgan fingerprint density at radius 2 is 2.25 bits per heavy atom. The van der Waals surface area contributed by atoms with Crippen LogP contribution in [0.1, 0.15) is 25.7 Å². The molecule has 12 heavy (non-hydrogen) atoms. The van der Waals surface area contributed by atoms with E-state index >= 15 is 0 Å². The maximum atomic E-state index is 8.68. The van der Waals surface area contributed by atoms with Crippen LogP contribution in [0, 0.1) is 0 Å². The Balaban J connectivity index is 0.00000121. The number of ether oxygens (including phenoxy) is 1. The maximum absolute atomic E-state index is 8.68. The Morgan fingerprint density at radius 3 is 2.75 bits per heavy atom. The van der Waals surface area contributed by atoms with Gasteiger partial charge in [0.05, 0.1) is 12.7 Å². The minimum absolute atomic E-state index is 0. The van der Waals surface area contributed by atoms with Crippen LogP contribution >= 0.6 is 12.4 Å². The van der Waals surface area contributed by atoms with Crippen LogP contribution in [-0.4, -0.2) is 30.5 Å². The highest BCUT2D eigenvalue weighted by Crippen LogP contribution is 2.16. The van der Waals surface area contributed by atoms with Crippen molar-refractivity contribution < 1.29 is 9.84 Å². The van der Waals surface area contributed by atoms with E-state index in [4.69, 9.17) is 15.6 Å². The standard InChI is InChI=1S/C8H17NO2.ClH/c9-7(6-10)5-8-3-1-2-4-11-8;/h7-8,10H,1-6,9H2;1H/t7-,8-;/m1./s1. The molecule has 0 amide bonds. The first-order valence-corrected chi connectivity index (χ1v) is 4.31. The van der Waals surface area contributed by atoms with Crippen LogP contribution in [0.5, 0.6) is 0 Å². The summed E-state index contributed by atoms with van der Waals surface area (Å²) < 4.78 is 5.46. The van der Waals surface area contributed by atoms with Crippen molar-refractivity contribution in [1.29, 1.82) is 0 Å². The predicted octanol–water partition coefficient (Wildman–Crippen LogP) is 0.687. The highest BCUT2D eigenvalue weighted by Gasteiger charge is 2.16. The van der Waals surface area contributed by atoms with Gasteiger partial charge in [0.2, 0.25) is 0 Å². The van der Waals surface area contributed by atoms with Crippen LogP contribution in [0.3, 0.4) is 0 Å². The first-order chi connectivity index (χ1) is 5.33. The molecular weight excluding hydrogens is 178 g/mol. The van der Waals surface area contributed by atoms with E-state index < -0.39 is 0 Å². The molecule has 1 heterocycles. The highest BCUT2D eigenvalue weighted by atomic mass is 35.5. The lowest BCUT2D eigenvalue weighted by atomic mass is 10.0. The van der Waals surface area contributed by atoms with Crippen molar-refractivity contribution in [2.45, 2.75) is 37.8 Å². The fourth-order valence-corrected chi connectivity index (χ4v) is 1.41. The number of aliphatic hydroxyl groups is 1. The van der Waals surface area contributed by atoms with Crippen LogP contribution in [-0.2, 0) is 4.74 Å². The lowest BCUT2D eigenvalue weighted by molar-refractivity contribution is 0.00418. The van der Waals surface area contributed by atoms with Gasteiger partial charge in [0.1, 0.15) is 0 Å². The largest absolute Gasteiger partial charge is 0.395 e. The molecule has 0 radical (unpaired) electrons. The summed E-state index contributed by atoms with van der Waals surface area (Å²) in [4.78, 5) is 0. The molecule has 0 aromatic heterocycles. The average Bonchev–Trinajstić information content (AvgIpc) is 2.06. The van der Waals surface area contributed by atoms with E-state index in [2.05, 4.69) is 0 Å². The third-order valence-electron chi connectivity index (χ3n) is 2.07. The van der Waals surface area contributed by atoms with Gasteiger partial charge in [-0.15, -0.1) is 12.4 Å². The summed E-state index contributed by atoms with van der Waals surface area (Å²) in [6, 6.07) is -0.0990. The maximum Gasteiger partial charge on any atom is 0.0590 e. The van der Waals surface area contributed by atoms with E-state index in [-0.39, 0.29) is 25.1 Å². The Bertz CT molecular complexity index is 107. The summed E-state index contributed by atoms with van der Waals surface area (Å²) in [6.45, 7) is 0.933. The molecule has 0 aliphatic carbocycles. The van der Waals surface area contributed by atoms with E-state index in [1.165, 1.54) is 12.8 Å². The molecule has 1 aliphatic rings. The first-order valence-electron chi connectivity index (χ1n) is 4.31. The third kappa shape index (κ3) is 4.26. The number of nitrogens with two attached hydrogens (primary N) is 1. The molecule has 1 aliphatic heterocycles. The topological polar surface area (TPSA) is 55.5 Å². The molecule has 2 atom stereocenters. The van der Waals surface area contributed by atoms with Crippen molar-refractivity contribution >= 4 is 12.4 Å². The second kappa shape index (κ2) is 6.66. The molecule has 0 aromatic carbocycles. The molecule has 3 N–H and O–H groups in total. The lowest BCUT2D eigenvalue weighted by Gasteiger charge is -2.24. The van der Waals surface area contributed by atoms with Gasteiger partial charge in [0.25, 0.3) is 0 Å². The number of hydrogen-bond donors (Lipinski definition) is 2. The quantitative estimate of drug-likeness (QED) is 0.697. The predicted molar refractivity (Wildman–Crippen MR) is 50.5 cm³/mol. The summed E-state index contributed by atoms with van der Waals surface area (Å²) >= 11 is 0. The summed E-state index contributed by atoms with van der Waals surface area (Å²) in [6.07, 6.45) is 4.61. The number of halogens is 1. The zero-order valence-electron chi connectivity index (χ0n) is 7.24. The minimum atomic E-state index is -0.0990. The van der Waals surface area contributed by atoms with Gasteiger partial charge in [-0.1, -0.05) is 0 Å². The van der Waals surface area contributed by atoms with Gasteiger partial charge in [-0.3, -0.25) is 0 Å². The summed E-state index contributed by atoms with van der Waals surface area (Å²) in [7, 11) is 0. The number of rotatable bonds is 3. The molecule has 0 aromatic rings. The van der Waals surface area contributed by atoms with Crippen molar-refractivity contribution in [3.8, 4) is 0 Å². The van der Waals surface area contributed by atoms with E-state index in [0.717, 1.165) is 19.4 Å². The zero-order valence-corrected chi connectivity index (χ0v) is 8.05. The Hall–Kier alpha value is 0.170. The highest BCUT2D eigenvalue weighted by molar-refractivity contribution is 5.85. The van der Waals surface area contributed by atoms with Crippen molar-refractivity contribution in [3.05, 3.63) is 0 Å². The molecule has 3 nitrogen and oxygen atoms in total. The molecular formula is C8H18ClNO2. The molecule has 0 bridgehead atoms. The van der Waals surface area contributed by atoms with Gasteiger partial charge < -0.3 is 15.6 Å². The second-order valence-corrected chi connectivity index (χ2v) is 3.17. The van der Waals surface area contributed by atoms with Crippen LogP contribution in [0.4, 0.5) is 0 Å². The Kier molecular flexibility index (Phi) is 6.76. The molecule has 0 spiro atoms. The Morgan fingerprint density at radius 1 is 1.50 bits per heavy atom. The van der Waals surface area contributed by atoms with Crippen LogP contribution < -0.4 is 5.73 Å². The zero-order chi connectivity index (χ0) is 8.10. The normalized spacial score (nSPS) is 26.0. The first kappa shape index (κ1) is 12.2. The number of aliphatic hydroxyl groups excluding tert-OH is 1. The van der Waals surface area contributed by atoms with E-state index in [1.54, 1.807) is 0 Å². The molecule has 1 rings (SSSR count). The monoisotopic (exact) mass is 195 g/mol. The molecule has 0 unspecified atom stereocenters. The Labute approximate surface area is 79.7 Å². The molecule has 0 saturated carbocycles. The average molecular weight is 196 g/mol. The van der Waals surface area contributed by atoms with Gasteiger partial charge >= 0.3 is 0 Å². The van der Waals surface area contributed by atoms with E-state index in [0.29, 0.717) is 6.10 Å². The lowest BCUT2D eigenvalue weighted by Crippen LogP contribution is -2.32. The number of hydrogen-bond acceptors (Lipinski definition) is 3. The fourth-order valence-electron chi connectivity index (χ4n) is 1.41. The summed E-state index contributed by atoms with van der Waals surface area (Å²) in [5.74, 6) is 0. The van der Waals surface area contributed by atoms with E-state index in [9.17, 15) is 0 Å². The summed E-state index contributed by atoms with van der Waals surface area (Å²) in [5.41, 5.74) is 5.57. The minimum Gasteiger partial charge on any atom is -0.395 e. The van der Waals surface area contributed by atoms with Gasteiger partial charge in [0, 0.05) is 12.6 Å². The van der Waals surface area contributed by atoms with Crippen molar-refractivity contribution in [1.82, 2.24) is 0 Å². The van der Waals surface area contributed by atoms with Crippen molar-refractivity contribution in [2.24, 2.45) is 5.73 Å². The fraction of sp³-hybridized carbons (Fsp3) is 1.00. The summed E-state index contributed by atoms with van der Waals surface area (Å²) in [5, 5.41) is 8.68. The van der Waals surface area contributed by atoms with Gasteiger partial charge in [-0.05, 0) is 25.7 Å². The molecule has 1 fully saturated rings. The smallest absolute Gasteiger partial charge is 0.0590 e. The SMILES string of the molecule is Cl.N[C@@H](CO)C[C@H]1CCCCO1. The molecule has 4 heteroatoms. The third-order valence-corrected chi connectivity index (χ3v) is 2.07. The van der Waals surface area contributed by atoms with Crippen LogP contribution in [0.15, 0.2) is 0 Å². The van der Waals surface area contributed by atoms with Crippen LogP contribution in [0.2, 0.25) is 0 Å². The molecule has 1 saturated heterocycles. The van der Waals surface area contributed by atoms with Crippen molar-refractivity contribution in [3.63, 3.8) is 0 Å². The van der Waals surface area contributed by atoms with Crippen LogP contribution in [0.25, 0.3) is 0 Å². The van der Waals surface area contributed by atoms with Gasteiger partial charge in [-0.2, -0.15) is 0 Å².